The van der Waals surface area contributed by atoms with Crippen molar-refractivity contribution in [2.75, 3.05) is 18.0 Å². The van der Waals surface area contributed by atoms with Crippen LogP contribution >= 0.6 is 11.6 Å². The zero-order valence-corrected chi connectivity index (χ0v) is 15.2. The summed E-state index contributed by atoms with van der Waals surface area (Å²) >= 11 is 6.24. The fraction of sp³-hybridized carbons (Fsp3) is 0.300. The standard InChI is InChI=1S/C20H20ClN5/c21-16-7-8-18-19(10-16)26(12-15-5-3-14(11-22)4-6-15)20(24-18)25-9-1-2-17(23)13-25/h3-8,10,17H,1-2,9,12-13,23H2. The molecule has 0 amide bonds. The van der Waals surface area contributed by atoms with Gasteiger partial charge in [0.2, 0.25) is 5.95 Å². The summed E-state index contributed by atoms with van der Waals surface area (Å²) in [6, 6.07) is 15.8. The number of nitrogens with zero attached hydrogens (tertiary/aromatic N) is 4. The number of imidazole rings is 1. The number of fused-ring (bicyclic) bond motifs is 1. The van der Waals surface area contributed by atoms with E-state index in [1.807, 2.05) is 42.5 Å². The highest BCUT2D eigenvalue weighted by molar-refractivity contribution is 6.31. The zero-order valence-electron chi connectivity index (χ0n) is 14.4. The molecule has 1 aliphatic heterocycles. The molecule has 1 aromatic heterocycles. The number of nitrogens with two attached hydrogens (primary N) is 1. The van der Waals surface area contributed by atoms with Crippen LogP contribution < -0.4 is 10.6 Å². The average Bonchev–Trinajstić information content (AvgIpc) is 3.00. The number of anilines is 1. The topological polar surface area (TPSA) is 70.9 Å². The van der Waals surface area contributed by atoms with Gasteiger partial charge in [0.1, 0.15) is 0 Å². The molecule has 3 aromatic rings. The Morgan fingerprint density at radius 1 is 1.23 bits per heavy atom. The number of aromatic nitrogens is 2. The van der Waals surface area contributed by atoms with Gasteiger partial charge < -0.3 is 15.2 Å². The molecule has 2 aromatic carbocycles. The first kappa shape index (κ1) is 16.9. The molecule has 0 aliphatic carbocycles. The average molecular weight is 366 g/mol. The molecule has 26 heavy (non-hydrogen) atoms. The lowest BCUT2D eigenvalue weighted by Crippen LogP contribution is -2.44. The summed E-state index contributed by atoms with van der Waals surface area (Å²) in [4.78, 5) is 7.13. The molecule has 1 unspecified atom stereocenters. The summed E-state index contributed by atoms with van der Waals surface area (Å²) in [7, 11) is 0. The number of benzene rings is 2. The van der Waals surface area contributed by atoms with Crippen molar-refractivity contribution in [3.05, 3.63) is 58.6 Å². The van der Waals surface area contributed by atoms with Gasteiger partial charge in [-0.05, 0) is 48.7 Å². The molecule has 132 valence electrons. The second kappa shape index (κ2) is 6.99. The van der Waals surface area contributed by atoms with Crippen LogP contribution in [0.2, 0.25) is 5.02 Å². The molecule has 1 atom stereocenters. The van der Waals surface area contributed by atoms with Crippen LogP contribution in [0.3, 0.4) is 0 Å². The number of rotatable bonds is 3. The minimum Gasteiger partial charge on any atom is -0.341 e. The predicted octanol–water partition coefficient (Wildman–Crippen LogP) is 3.54. The maximum Gasteiger partial charge on any atom is 0.206 e. The Hall–Kier alpha value is -2.55. The smallest absolute Gasteiger partial charge is 0.206 e. The van der Waals surface area contributed by atoms with Crippen LogP contribution in [0.4, 0.5) is 5.95 Å². The fourth-order valence-corrected chi connectivity index (χ4v) is 3.71. The number of halogens is 1. The van der Waals surface area contributed by atoms with E-state index in [4.69, 9.17) is 27.6 Å². The Labute approximate surface area is 157 Å². The molecule has 0 saturated carbocycles. The molecule has 1 fully saturated rings. The van der Waals surface area contributed by atoms with Crippen molar-refractivity contribution in [2.45, 2.75) is 25.4 Å². The maximum atomic E-state index is 9.00. The number of nitriles is 1. The van der Waals surface area contributed by atoms with Crippen molar-refractivity contribution in [2.24, 2.45) is 5.73 Å². The minimum atomic E-state index is 0.176. The van der Waals surface area contributed by atoms with Crippen LogP contribution in [0, 0.1) is 11.3 Å². The summed E-state index contributed by atoms with van der Waals surface area (Å²) in [5.74, 6) is 0.932. The van der Waals surface area contributed by atoms with Gasteiger partial charge in [-0.1, -0.05) is 23.7 Å². The van der Waals surface area contributed by atoms with Crippen molar-refractivity contribution in [1.29, 1.82) is 5.26 Å². The Kier molecular flexibility index (Phi) is 4.54. The van der Waals surface area contributed by atoms with Gasteiger partial charge in [-0.15, -0.1) is 0 Å². The SMILES string of the molecule is N#Cc1ccc(Cn2c(N3CCCC(N)C3)nc3ccc(Cl)cc32)cc1. The molecule has 0 radical (unpaired) electrons. The van der Waals surface area contributed by atoms with Gasteiger partial charge in [0.15, 0.2) is 0 Å². The quantitative estimate of drug-likeness (QED) is 0.770. The van der Waals surface area contributed by atoms with Crippen molar-refractivity contribution >= 4 is 28.6 Å². The van der Waals surface area contributed by atoms with Gasteiger partial charge in [-0.25, -0.2) is 4.98 Å². The van der Waals surface area contributed by atoms with Crippen LogP contribution in [0.15, 0.2) is 42.5 Å². The fourth-order valence-electron chi connectivity index (χ4n) is 3.54. The highest BCUT2D eigenvalue weighted by atomic mass is 35.5. The van der Waals surface area contributed by atoms with Gasteiger partial charge in [0.05, 0.1) is 29.2 Å². The molecule has 1 saturated heterocycles. The predicted molar refractivity (Wildman–Crippen MR) is 104 cm³/mol. The van der Waals surface area contributed by atoms with Gasteiger partial charge in [-0.2, -0.15) is 5.26 Å². The van der Waals surface area contributed by atoms with E-state index in [1.54, 1.807) is 0 Å². The van der Waals surface area contributed by atoms with Crippen LogP contribution in [-0.2, 0) is 6.54 Å². The highest BCUT2D eigenvalue weighted by Gasteiger charge is 2.22. The van der Waals surface area contributed by atoms with Gasteiger partial charge in [-0.3, -0.25) is 0 Å². The third-order valence-electron chi connectivity index (χ3n) is 4.85. The van der Waals surface area contributed by atoms with E-state index >= 15 is 0 Å². The Morgan fingerprint density at radius 3 is 2.77 bits per heavy atom. The van der Waals surface area contributed by atoms with E-state index in [1.165, 1.54) is 0 Å². The van der Waals surface area contributed by atoms with Gasteiger partial charge in [0.25, 0.3) is 0 Å². The largest absolute Gasteiger partial charge is 0.341 e. The van der Waals surface area contributed by atoms with E-state index in [-0.39, 0.29) is 6.04 Å². The third-order valence-corrected chi connectivity index (χ3v) is 5.09. The van der Waals surface area contributed by atoms with Crippen molar-refractivity contribution in [1.82, 2.24) is 9.55 Å². The van der Waals surface area contributed by atoms with Crippen molar-refractivity contribution < 1.29 is 0 Å². The van der Waals surface area contributed by atoms with Crippen LogP contribution in [0.25, 0.3) is 11.0 Å². The monoisotopic (exact) mass is 365 g/mol. The molecule has 2 N–H and O–H groups in total. The summed E-state index contributed by atoms with van der Waals surface area (Å²) < 4.78 is 2.20. The van der Waals surface area contributed by atoms with Gasteiger partial charge in [0, 0.05) is 24.2 Å². The van der Waals surface area contributed by atoms with E-state index in [9.17, 15) is 0 Å². The first-order chi connectivity index (χ1) is 12.6. The van der Waals surface area contributed by atoms with Crippen LogP contribution in [-0.4, -0.2) is 28.7 Å². The molecule has 4 rings (SSSR count). The molecule has 5 nitrogen and oxygen atoms in total. The second-order valence-corrected chi connectivity index (χ2v) is 7.22. The third kappa shape index (κ3) is 3.26. The zero-order chi connectivity index (χ0) is 18.1. The summed E-state index contributed by atoms with van der Waals surface area (Å²) in [5.41, 5.74) is 9.90. The van der Waals surface area contributed by atoms with E-state index in [2.05, 4.69) is 15.5 Å². The first-order valence-corrected chi connectivity index (χ1v) is 9.17. The van der Waals surface area contributed by atoms with Gasteiger partial charge >= 0.3 is 0 Å². The molecule has 0 bridgehead atoms. The molecular weight excluding hydrogens is 346 g/mol. The minimum absolute atomic E-state index is 0.176. The molecule has 2 heterocycles. The van der Waals surface area contributed by atoms with Crippen molar-refractivity contribution in [3.8, 4) is 6.07 Å². The summed E-state index contributed by atoms with van der Waals surface area (Å²) in [6.07, 6.45) is 2.13. The molecule has 1 aliphatic rings. The van der Waals surface area contributed by atoms with E-state index in [0.717, 1.165) is 48.5 Å². The number of piperidine rings is 1. The number of hydrogen-bond donors (Lipinski definition) is 1. The number of hydrogen-bond acceptors (Lipinski definition) is 4. The molecule has 6 heteroatoms. The summed E-state index contributed by atoms with van der Waals surface area (Å²) in [6.45, 7) is 2.44. The Balaban J connectivity index is 1.77. The molecular formula is C20H20ClN5. The maximum absolute atomic E-state index is 9.00. The van der Waals surface area contributed by atoms with E-state index in [0.29, 0.717) is 17.1 Å². The highest BCUT2D eigenvalue weighted by Crippen LogP contribution is 2.28. The Morgan fingerprint density at radius 2 is 2.04 bits per heavy atom. The lowest BCUT2D eigenvalue weighted by atomic mass is 10.1. The van der Waals surface area contributed by atoms with E-state index < -0.39 is 0 Å². The lowest BCUT2D eigenvalue weighted by Gasteiger charge is -2.32. The molecule has 0 spiro atoms. The Bertz CT molecular complexity index is 970. The van der Waals surface area contributed by atoms with Crippen LogP contribution in [0.5, 0.6) is 0 Å². The lowest BCUT2D eigenvalue weighted by molar-refractivity contribution is 0.495. The summed E-state index contributed by atoms with van der Waals surface area (Å²) in [5, 5.41) is 9.69. The van der Waals surface area contributed by atoms with Crippen LogP contribution in [0.1, 0.15) is 24.0 Å². The normalized spacial score (nSPS) is 17.4. The second-order valence-electron chi connectivity index (χ2n) is 6.79. The van der Waals surface area contributed by atoms with Crippen molar-refractivity contribution in [3.63, 3.8) is 0 Å². The first-order valence-electron chi connectivity index (χ1n) is 8.79.